The third-order valence-electron chi connectivity index (χ3n) is 4.03. The molecule has 0 aliphatic heterocycles. The highest BCUT2D eigenvalue weighted by Crippen LogP contribution is 2.28. The van der Waals surface area contributed by atoms with Gasteiger partial charge in [-0.1, -0.05) is 26.0 Å². The van der Waals surface area contributed by atoms with Crippen molar-refractivity contribution in [3.8, 4) is 0 Å². The topological polar surface area (TPSA) is 29.3 Å². The molecule has 0 spiro atoms. The van der Waals surface area contributed by atoms with E-state index in [1.807, 2.05) is 6.07 Å². The van der Waals surface area contributed by atoms with E-state index in [1.54, 1.807) is 0 Å². The van der Waals surface area contributed by atoms with Gasteiger partial charge < -0.3 is 10.6 Å². The summed E-state index contributed by atoms with van der Waals surface area (Å²) in [5.74, 6) is 0. The lowest BCUT2D eigenvalue weighted by molar-refractivity contribution is 0.180. The number of benzene rings is 1. The van der Waals surface area contributed by atoms with Gasteiger partial charge in [0, 0.05) is 11.7 Å². The van der Waals surface area contributed by atoms with Crippen LogP contribution >= 0.6 is 0 Å². The molecule has 0 saturated heterocycles. The van der Waals surface area contributed by atoms with Gasteiger partial charge >= 0.3 is 0 Å². The van der Waals surface area contributed by atoms with E-state index in [1.165, 1.54) is 49.9 Å². The van der Waals surface area contributed by atoms with Gasteiger partial charge in [-0.05, 0) is 62.4 Å². The number of nitrogen functional groups attached to an aromatic ring is 1. The van der Waals surface area contributed by atoms with Crippen LogP contribution in [0.1, 0.15) is 44.2 Å². The summed E-state index contributed by atoms with van der Waals surface area (Å²) in [6.07, 6.45) is 6.11. The fourth-order valence-corrected chi connectivity index (χ4v) is 3.16. The van der Waals surface area contributed by atoms with Crippen molar-refractivity contribution in [1.82, 2.24) is 4.90 Å². The summed E-state index contributed by atoms with van der Waals surface area (Å²) in [6, 6.07) is 7.07. The van der Waals surface area contributed by atoms with Gasteiger partial charge in [0.2, 0.25) is 0 Å². The molecule has 0 amide bonds. The van der Waals surface area contributed by atoms with E-state index in [4.69, 9.17) is 5.73 Å². The molecule has 1 aliphatic rings. The zero-order valence-electron chi connectivity index (χ0n) is 11.8. The van der Waals surface area contributed by atoms with Crippen LogP contribution in [-0.2, 0) is 12.8 Å². The van der Waals surface area contributed by atoms with Gasteiger partial charge in [0.15, 0.2) is 0 Å². The number of hydrogen-bond acceptors (Lipinski definition) is 2. The van der Waals surface area contributed by atoms with Crippen LogP contribution < -0.4 is 5.73 Å². The first-order valence-corrected chi connectivity index (χ1v) is 7.36. The second-order valence-electron chi connectivity index (χ2n) is 5.42. The molecule has 0 fully saturated rings. The lowest BCUT2D eigenvalue weighted by Crippen LogP contribution is -2.40. The van der Waals surface area contributed by atoms with Gasteiger partial charge in [0.1, 0.15) is 0 Å². The molecule has 1 aromatic rings. The maximum absolute atomic E-state index is 6.13. The molecule has 100 valence electrons. The van der Waals surface area contributed by atoms with Gasteiger partial charge in [-0.3, -0.25) is 0 Å². The minimum absolute atomic E-state index is 0.696. The minimum Gasteiger partial charge on any atom is -0.398 e. The summed E-state index contributed by atoms with van der Waals surface area (Å²) >= 11 is 0. The molecular formula is C16H26N2. The molecule has 0 heterocycles. The Kier molecular flexibility index (Phi) is 4.65. The van der Waals surface area contributed by atoms with Gasteiger partial charge in [0.05, 0.1) is 0 Å². The largest absolute Gasteiger partial charge is 0.398 e. The Morgan fingerprint density at radius 2 is 1.94 bits per heavy atom. The number of aryl methyl sites for hydroxylation is 1. The first-order valence-electron chi connectivity index (χ1n) is 7.36. The maximum atomic E-state index is 6.13. The first-order chi connectivity index (χ1) is 8.76. The Morgan fingerprint density at radius 3 is 2.61 bits per heavy atom. The zero-order valence-corrected chi connectivity index (χ0v) is 11.8. The van der Waals surface area contributed by atoms with Gasteiger partial charge in [-0.25, -0.2) is 0 Å². The molecule has 0 saturated carbocycles. The van der Waals surface area contributed by atoms with Crippen LogP contribution in [0.2, 0.25) is 0 Å². The van der Waals surface area contributed by atoms with E-state index in [0.717, 1.165) is 12.1 Å². The molecule has 18 heavy (non-hydrogen) atoms. The first kappa shape index (κ1) is 13.4. The van der Waals surface area contributed by atoms with E-state index in [2.05, 4.69) is 30.9 Å². The summed E-state index contributed by atoms with van der Waals surface area (Å²) in [6.45, 7) is 6.99. The maximum Gasteiger partial charge on any atom is 0.0349 e. The normalized spacial score (nSPS) is 18.9. The lowest BCUT2D eigenvalue weighted by Gasteiger charge is -2.35. The molecule has 0 aromatic heterocycles. The summed E-state index contributed by atoms with van der Waals surface area (Å²) in [7, 11) is 0. The Hall–Kier alpha value is -1.02. The summed E-state index contributed by atoms with van der Waals surface area (Å²) < 4.78 is 0. The summed E-state index contributed by atoms with van der Waals surface area (Å²) in [4.78, 5) is 2.66. The Labute approximate surface area is 111 Å². The van der Waals surface area contributed by atoms with Crippen LogP contribution in [0.5, 0.6) is 0 Å². The fourth-order valence-electron chi connectivity index (χ4n) is 3.16. The van der Waals surface area contributed by atoms with Crippen molar-refractivity contribution in [3.63, 3.8) is 0 Å². The van der Waals surface area contributed by atoms with Crippen LogP contribution in [0.4, 0.5) is 5.69 Å². The third-order valence-corrected chi connectivity index (χ3v) is 4.03. The van der Waals surface area contributed by atoms with Crippen LogP contribution in [0.15, 0.2) is 18.2 Å². The molecule has 2 nitrogen and oxygen atoms in total. The van der Waals surface area contributed by atoms with Crippen LogP contribution in [0.25, 0.3) is 0 Å². The molecule has 2 N–H and O–H groups in total. The van der Waals surface area contributed by atoms with E-state index in [0.29, 0.717) is 6.04 Å². The average Bonchev–Trinajstić information content (AvgIpc) is 2.39. The molecule has 1 atom stereocenters. The van der Waals surface area contributed by atoms with E-state index in [9.17, 15) is 0 Å². The highest BCUT2D eigenvalue weighted by molar-refractivity contribution is 5.52. The lowest BCUT2D eigenvalue weighted by atomic mass is 9.86. The Balaban J connectivity index is 2.12. The van der Waals surface area contributed by atoms with Crippen molar-refractivity contribution >= 4 is 5.69 Å². The predicted octanol–water partition coefficient (Wildman–Crippen LogP) is 3.25. The van der Waals surface area contributed by atoms with Crippen molar-refractivity contribution in [3.05, 3.63) is 29.3 Å². The van der Waals surface area contributed by atoms with Crippen molar-refractivity contribution in [1.29, 1.82) is 0 Å². The van der Waals surface area contributed by atoms with E-state index in [-0.39, 0.29) is 0 Å². The van der Waals surface area contributed by atoms with Crippen molar-refractivity contribution < 1.29 is 0 Å². The monoisotopic (exact) mass is 246 g/mol. The predicted molar refractivity (Wildman–Crippen MR) is 78.8 cm³/mol. The SMILES string of the molecule is CCCN(CCC)C1CCc2cccc(N)c2C1. The van der Waals surface area contributed by atoms with Gasteiger partial charge in [-0.2, -0.15) is 0 Å². The highest BCUT2D eigenvalue weighted by atomic mass is 15.1. The Morgan fingerprint density at radius 1 is 1.22 bits per heavy atom. The molecule has 2 heteroatoms. The van der Waals surface area contributed by atoms with Crippen molar-refractivity contribution in [2.75, 3.05) is 18.8 Å². The van der Waals surface area contributed by atoms with E-state index >= 15 is 0 Å². The van der Waals surface area contributed by atoms with E-state index < -0.39 is 0 Å². The smallest absolute Gasteiger partial charge is 0.0349 e. The molecule has 1 unspecified atom stereocenters. The number of nitrogens with zero attached hydrogens (tertiary/aromatic N) is 1. The molecule has 0 bridgehead atoms. The number of fused-ring (bicyclic) bond motifs is 1. The van der Waals surface area contributed by atoms with Crippen LogP contribution in [0, 0.1) is 0 Å². The minimum atomic E-state index is 0.696. The second-order valence-corrected chi connectivity index (χ2v) is 5.42. The number of anilines is 1. The fraction of sp³-hybridized carbons (Fsp3) is 0.625. The number of rotatable bonds is 5. The number of hydrogen-bond donors (Lipinski definition) is 1. The summed E-state index contributed by atoms with van der Waals surface area (Å²) in [5.41, 5.74) is 10.0. The standard InChI is InChI=1S/C16H26N2/c1-3-10-18(11-4-2)14-9-8-13-6-5-7-16(17)15(13)12-14/h5-7,14H,3-4,8-12,17H2,1-2H3. The zero-order chi connectivity index (χ0) is 13.0. The number of nitrogens with two attached hydrogens (primary N) is 1. The molecular weight excluding hydrogens is 220 g/mol. The Bertz CT molecular complexity index is 381. The average molecular weight is 246 g/mol. The van der Waals surface area contributed by atoms with Crippen molar-refractivity contribution in [2.45, 2.75) is 52.0 Å². The molecule has 2 rings (SSSR count). The van der Waals surface area contributed by atoms with Crippen LogP contribution in [0.3, 0.4) is 0 Å². The highest BCUT2D eigenvalue weighted by Gasteiger charge is 2.24. The van der Waals surface area contributed by atoms with Crippen molar-refractivity contribution in [2.24, 2.45) is 0 Å². The summed E-state index contributed by atoms with van der Waals surface area (Å²) in [5, 5.41) is 0. The van der Waals surface area contributed by atoms with Gasteiger partial charge in [-0.15, -0.1) is 0 Å². The third kappa shape index (κ3) is 2.86. The van der Waals surface area contributed by atoms with Gasteiger partial charge in [0.25, 0.3) is 0 Å². The second kappa shape index (κ2) is 6.24. The quantitative estimate of drug-likeness (QED) is 0.808. The molecule has 1 aromatic carbocycles. The molecule has 1 aliphatic carbocycles. The molecule has 0 radical (unpaired) electrons. The van der Waals surface area contributed by atoms with Crippen LogP contribution in [-0.4, -0.2) is 24.0 Å².